The summed E-state index contributed by atoms with van der Waals surface area (Å²) in [7, 11) is 1.73. The molecule has 1 fully saturated rings. The summed E-state index contributed by atoms with van der Waals surface area (Å²) in [6.07, 6.45) is 3.17. The van der Waals surface area contributed by atoms with E-state index in [0.717, 1.165) is 36.7 Å². The molecule has 130 valence electrons. The van der Waals surface area contributed by atoms with E-state index in [4.69, 9.17) is 10.00 Å². The van der Waals surface area contributed by atoms with Crippen molar-refractivity contribution < 1.29 is 9.53 Å². The van der Waals surface area contributed by atoms with Crippen LogP contribution in [0, 0.1) is 25.2 Å². The van der Waals surface area contributed by atoms with Gasteiger partial charge in [-0.3, -0.25) is 0 Å². The molecule has 0 aromatic carbocycles. The van der Waals surface area contributed by atoms with Crippen molar-refractivity contribution in [1.29, 1.82) is 5.26 Å². The monoisotopic (exact) mass is 339 g/mol. The Morgan fingerprint density at radius 1 is 1.36 bits per heavy atom. The van der Waals surface area contributed by atoms with Gasteiger partial charge in [0.1, 0.15) is 29.5 Å². The molecule has 1 atom stereocenters. The average Bonchev–Trinajstić information content (AvgIpc) is 2.95. The molecular weight excluding hydrogens is 318 g/mol. The molecule has 0 N–H and O–H groups in total. The Labute approximate surface area is 146 Å². The summed E-state index contributed by atoms with van der Waals surface area (Å²) in [5, 5.41) is 8.95. The predicted octanol–water partition coefficient (Wildman–Crippen LogP) is 2.13. The van der Waals surface area contributed by atoms with Crippen molar-refractivity contribution in [3.8, 4) is 6.07 Å². The van der Waals surface area contributed by atoms with E-state index < -0.39 is 5.97 Å². The van der Waals surface area contributed by atoms with Crippen LogP contribution in [0.25, 0.3) is 0 Å². The third kappa shape index (κ3) is 3.79. The van der Waals surface area contributed by atoms with Crippen LogP contribution in [0.15, 0.2) is 18.3 Å². The number of rotatable bonds is 3. The van der Waals surface area contributed by atoms with Crippen LogP contribution in [0.3, 0.4) is 0 Å². The van der Waals surface area contributed by atoms with Gasteiger partial charge in [0.15, 0.2) is 0 Å². The Kier molecular flexibility index (Phi) is 4.70. The minimum Gasteiger partial charge on any atom is -0.456 e. The van der Waals surface area contributed by atoms with Crippen molar-refractivity contribution in [3.05, 3.63) is 41.1 Å². The van der Waals surface area contributed by atoms with Crippen LogP contribution in [-0.2, 0) is 11.8 Å². The fourth-order valence-electron chi connectivity index (χ4n) is 3.14. The van der Waals surface area contributed by atoms with Crippen molar-refractivity contribution in [2.24, 2.45) is 7.05 Å². The van der Waals surface area contributed by atoms with E-state index in [1.54, 1.807) is 23.9 Å². The number of nitrogens with zero attached hydrogens (tertiary/aromatic N) is 5. The second-order valence-electron chi connectivity index (χ2n) is 6.37. The van der Waals surface area contributed by atoms with Crippen LogP contribution >= 0.6 is 0 Å². The summed E-state index contributed by atoms with van der Waals surface area (Å²) in [5.74, 6) is 1.21. The molecule has 1 aliphatic rings. The molecule has 3 rings (SSSR count). The molecule has 0 unspecified atom stereocenters. The van der Waals surface area contributed by atoms with Gasteiger partial charge in [-0.25, -0.2) is 14.8 Å². The lowest BCUT2D eigenvalue weighted by atomic mass is 10.1. The van der Waals surface area contributed by atoms with E-state index >= 15 is 0 Å². The second kappa shape index (κ2) is 6.93. The summed E-state index contributed by atoms with van der Waals surface area (Å²) in [5.41, 5.74) is 1.77. The fourth-order valence-corrected chi connectivity index (χ4v) is 3.14. The van der Waals surface area contributed by atoms with Gasteiger partial charge in [0, 0.05) is 31.5 Å². The van der Waals surface area contributed by atoms with Gasteiger partial charge >= 0.3 is 5.97 Å². The summed E-state index contributed by atoms with van der Waals surface area (Å²) in [6, 6.07) is 5.54. The molecule has 0 bridgehead atoms. The summed E-state index contributed by atoms with van der Waals surface area (Å²) in [6.45, 7) is 5.31. The van der Waals surface area contributed by atoms with Gasteiger partial charge in [0.2, 0.25) is 0 Å². The molecule has 0 aliphatic carbocycles. The zero-order chi connectivity index (χ0) is 18.0. The van der Waals surface area contributed by atoms with Crippen LogP contribution in [0.5, 0.6) is 0 Å². The third-order valence-electron chi connectivity index (χ3n) is 4.27. The van der Waals surface area contributed by atoms with Gasteiger partial charge in [-0.15, -0.1) is 0 Å². The molecular formula is C18H21N5O2. The molecule has 2 aromatic rings. The van der Waals surface area contributed by atoms with Crippen LogP contribution in [0.2, 0.25) is 0 Å². The van der Waals surface area contributed by atoms with E-state index in [-0.39, 0.29) is 6.10 Å². The molecule has 1 saturated heterocycles. The highest BCUT2D eigenvalue weighted by Crippen LogP contribution is 2.21. The number of aromatic nitrogens is 3. The molecule has 7 heteroatoms. The van der Waals surface area contributed by atoms with Gasteiger partial charge in [-0.05, 0) is 32.8 Å². The number of carbonyl (C=O) groups excluding carboxylic acids is 1. The first kappa shape index (κ1) is 17.0. The lowest BCUT2D eigenvalue weighted by Crippen LogP contribution is -2.41. The third-order valence-corrected chi connectivity index (χ3v) is 4.27. The SMILES string of the molecule is Cc1cc(N2CCC[C@H](OC(=O)c3cc(C#N)cn3C)C2)nc(C)n1. The van der Waals surface area contributed by atoms with E-state index in [1.165, 1.54) is 0 Å². The molecule has 0 radical (unpaired) electrons. The van der Waals surface area contributed by atoms with Crippen LogP contribution in [0.1, 0.15) is 40.4 Å². The number of esters is 1. The minimum absolute atomic E-state index is 0.197. The summed E-state index contributed by atoms with van der Waals surface area (Å²) >= 11 is 0. The molecule has 7 nitrogen and oxygen atoms in total. The van der Waals surface area contributed by atoms with Crippen molar-refractivity contribution in [3.63, 3.8) is 0 Å². The highest BCUT2D eigenvalue weighted by atomic mass is 16.5. The number of piperidine rings is 1. The quantitative estimate of drug-likeness (QED) is 0.797. The first-order valence-corrected chi connectivity index (χ1v) is 8.31. The van der Waals surface area contributed by atoms with Gasteiger partial charge in [0.25, 0.3) is 0 Å². The molecule has 0 saturated carbocycles. The largest absolute Gasteiger partial charge is 0.456 e. The van der Waals surface area contributed by atoms with E-state index in [9.17, 15) is 4.79 Å². The zero-order valence-corrected chi connectivity index (χ0v) is 14.7. The maximum absolute atomic E-state index is 12.4. The Hall–Kier alpha value is -2.88. The van der Waals surface area contributed by atoms with Gasteiger partial charge in [0.05, 0.1) is 12.1 Å². The Bertz CT molecular complexity index is 816. The Balaban J connectivity index is 1.70. The lowest BCUT2D eigenvalue weighted by Gasteiger charge is -2.33. The molecule has 1 aliphatic heterocycles. The molecule has 0 amide bonds. The number of carbonyl (C=O) groups is 1. The number of ether oxygens (including phenoxy) is 1. The number of nitriles is 1. The molecule has 0 spiro atoms. The van der Waals surface area contributed by atoms with Crippen LogP contribution in [-0.4, -0.2) is 39.7 Å². The van der Waals surface area contributed by atoms with Gasteiger partial charge < -0.3 is 14.2 Å². The summed E-state index contributed by atoms with van der Waals surface area (Å²) < 4.78 is 7.30. The minimum atomic E-state index is -0.397. The average molecular weight is 339 g/mol. The van der Waals surface area contributed by atoms with Gasteiger partial charge in [-0.2, -0.15) is 5.26 Å². The summed E-state index contributed by atoms with van der Waals surface area (Å²) in [4.78, 5) is 23.3. The first-order valence-electron chi connectivity index (χ1n) is 8.31. The number of hydrogen-bond donors (Lipinski definition) is 0. The standard InChI is InChI=1S/C18H21N5O2/c1-12-7-17(21-13(2)20-12)23-6-4-5-15(11-23)25-18(24)16-8-14(9-19)10-22(16)3/h7-8,10,15H,4-6,11H2,1-3H3/t15-/m0/s1. The maximum Gasteiger partial charge on any atom is 0.355 e. The normalized spacial score (nSPS) is 17.2. The van der Waals surface area contributed by atoms with Gasteiger partial charge in [-0.1, -0.05) is 0 Å². The second-order valence-corrected chi connectivity index (χ2v) is 6.37. The number of hydrogen-bond acceptors (Lipinski definition) is 6. The smallest absolute Gasteiger partial charge is 0.355 e. The van der Waals surface area contributed by atoms with E-state index in [0.29, 0.717) is 17.8 Å². The molecule has 3 heterocycles. The van der Waals surface area contributed by atoms with E-state index in [2.05, 4.69) is 14.9 Å². The van der Waals surface area contributed by atoms with Crippen LogP contribution < -0.4 is 4.90 Å². The Morgan fingerprint density at radius 3 is 2.84 bits per heavy atom. The maximum atomic E-state index is 12.4. The van der Waals surface area contributed by atoms with Crippen LogP contribution in [0.4, 0.5) is 5.82 Å². The highest BCUT2D eigenvalue weighted by Gasteiger charge is 2.26. The zero-order valence-electron chi connectivity index (χ0n) is 14.7. The van der Waals surface area contributed by atoms with Crippen molar-refractivity contribution in [2.45, 2.75) is 32.8 Å². The van der Waals surface area contributed by atoms with Crippen molar-refractivity contribution in [1.82, 2.24) is 14.5 Å². The lowest BCUT2D eigenvalue weighted by molar-refractivity contribution is 0.0258. The molecule has 25 heavy (non-hydrogen) atoms. The Morgan fingerprint density at radius 2 is 2.16 bits per heavy atom. The van der Waals surface area contributed by atoms with E-state index in [1.807, 2.05) is 26.0 Å². The molecule has 2 aromatic heterocycles. The first-order chi connectivity index (χ1) is 12.0. The number of anilines is 1. The van der Waals surface area contributed by atoms with Crippen molar-refractivity contribution >= 4 is 11.8 Å². The highest BCUT2D eigenvalue weighted by molar-refractivity contribution is 5.88. The fraction of sp³-hybridized carbons (Fsp3) is 0.444. The van der Waals surface area contributed by atoms with Crippen molar-refractivity contribution in [2.75, 3.05) is 18.0 Å². The number of aryl methyl sites for hydroxylation is 3. The topological polar surface area (TPSA) is 84.0 Å². The predicted molar refractivity (Wildman–Crippen MR) is 92.3 cm³/mol.